The van der Waals surface area contributed by atoms with Gasteiger partial charge >= 0.3 is 0 Å². The quantitative estimate of drug-likeness (QED) is 0.391. The van der Waals surface area contributed by atoms with Crippen molar-refractivity contribution in [1.29, 1.82) is 0 Å². The molecular formula is C27H26N6O2. The first-order valence-corrected chi connectivity index (χ1v) is 11.5. The van der Waals surface area contributed by atoms with E-state index in [9.17, 15) is 9.59 Å². The predicted octanol–water partition coefficient (Wildman–Crippen LogP) is 4.41. The SMILES string of the molecule is C[C@H]1Cc2[nH]c(-c3ccnc(NC(=O)Cc4ccncc4)c3)c(Nc3ccccc3)c2C(=O)N1C. The van der Waals surface area contributed by atoms with E-state index in [2.05, 4.69) is 25.6 Å². The van der Waals surface area contributed by atoms with Gasteiger partial charge in [0.05, 0.1) is 23.4 Å². The highest BCUT2D eigenvalue weighted by Crippen LogP contribution is 2.39. The summed E-state index contributed by atoms with van der Waals surface area (Å²) in [5, 5.41) is 6.32. The lowest BCUT2D eigenvalue weighted by atomic mass is 9.99. The van der Waals surface area contributed by atoms with Crippen molar-refractivity contribution in [1.82, 2.24) is 19.9 Å². The zero-order chi connectivity index (χ0) is 24.4. The highest BCUT2D eigenvalue weighted by atomic mass is 16.2. The molecule has 1 aliphatic rings. The summed E-state index contributed by atoms with van der Waals surface area (Å²) in [5.74, 6) is 0.246. The fourth-order valence-corrected chi connectivity index (χ4v) is 4.28. The summed E-state index contributed by atoms with van der Waals surface area (Å²) in [6.45, 7) is 2.04. The van der Waals surface area contributed by atoms with E-state index in [1.165, 1.54) is 0 Å². The molecule has 0 aliphatic carbocycles. The standard InChI is InChI=1S/C27H26N6O2/c1-17-14-21-24(27(35)33(17)2)26(30-20-6-4-3-5-7-20)25(31-21)19-10-13-29-22(16-19)32-23(34)15-18-8-11-28-12-9-18/h3-13,16-17,30-31H,14-15H2,1-2H3,(H,29,32,34)/t17-/m0/s1. The molecule has 5 rings (SSSR count). The van der Waals surface area contributed by atoms with Gasteiger partial charge in [-0.05, 0) is 48.9 Å². The number of benzene rings is 1. The highest BCUT2D eigenvalue weighted by Gasteiger charge is 2.33. The highest BCUT2D eigenvalue weighted by molar-refractivity contribution is 6.06. The van der Waals surface area contributed by atoms with E-state index >= 15 is 0 Å². The number of hydrogen-bond donors (Lipinski definition) is 3. The second-order valence-corrected chi connectivity index (χ2v) is 8.70. The number of rotatable bonds is 6. The molecule has 0 spiro atoms. The fourth-order valence-electron chi connectivity index (χ4n) is 4.28. The fraction of sp³-hybridized carbons (Fsp3) is 0.185. The minimum Gasteiger partial charge on any atom is -0.356 e. The number of amides is 2. The van der Waals surface area contributed by atoms with Crippen LogP contribution in [0.2, 0.25) is 0 Å². The molecule has 0 unspecified atom stereocenters. The van der Waals surface area contributed by atoms with Crippen LogP contribution in [0, 0.1) is 0 Å². The molecule has 0 saturated heterocycles. The minimum absolute atomic E-state index is 0.0281. The Labute approximate surface area is 203 Å². The number of aromatic amines is 1. The van der Waals surface area contributed by atoms with Crippen LogP contribution >= 0.6 is 0 Å². The number of nitrogens with zero attached hydrogens (tertiary/aromatic N) is 3. The Hall–Kier alpha value is -4.46. The van der Waals surface area contributed by atoms with Gasteiger partial charge in [0, 0.05) is 55.0 Å². The minimum atomic E-state index is -0.167. The summed E-state index contributed by atoms with van der Waals surface area (Å²) in [6.07, 6.45) is 5.93. The maximum atomic E-state index is 13.3. The lowest BCUT2D eigenvalue weighted by molar-refractivity contribution is -0.115. The summed E-state index contributed by atoms with van der Waals surface area (Å²) in [6, 6.07) is 17.1. The Kier molecular flexibility index (Phi) is 6.01. The molecule has 2 amide bonds. The molecule has 0 radical (unpaired) electrons. The molecule has 4 aromatic rings. The number of anilines is 3. The van der Waals surface area contributed by atoms with Crippen LogP contribution in [-0.2, 0) is 17.6 Å². The van der Waals surface area contributed by atoms with E-state index in [1.54, 1.807) is 23.5 Å². The predicted molar refractivity (Wildman–Crippen MR) is 136 cm³/mol. The first kappa shape index (κ1) is 22.3. The summed E-state index contributed by atoms with van der Waals surface area (Å²) >= 11 is 0. The summed E-state index contributed by atoms with van der Waals surface area (Å²) in [7, 11) is 1.83. The smallest absolute Gasteiger partial charge is 0.257 e. The number of aromatic nitrogens is 3. The molecule has 0 saturated carbocycles. The largest absolute Gasteiger partial charge is 0.356 e. The van der Waals surface area contributed by atoms with Crippen molar-refractivity contribution >= 4 is 29.0 Å². The molecule has 8 nitrogen and oxygen atoms in total. The number of para-hydroxylation sites is 1. The third-order valence-electron chi connectivity index (χ3n) is 6.25. The van der Waals surface area contributed by atoms with E-state index in [-0.39, 0.29) is 24.3 Å². The van der Waals surface area contributed by atoms with Crippen LogP contribution in [0.4, 0.5) is 17.2 Å². The van der Waals surface area contributed by atoms with Gasteiger partial charge in [0.25, 0.3) is 5.91 Å². The van der Waals surface area contributed by atoms with Gasteiger partial charge in [-0.15, -0.1) is 0 Å². The monoisotopic (exact) mass is 466 g/mol. The van der Waals surface area contributed by atoms with E-state index < -0.39 is 0 Å². The van der Waals surface area contributed by atoms with Gasteiger partial charge in [-0.3, -0.25) is 14.6 Å². The number of carbonyl (C=O) groups is 2. The van der Waals surface area contributed by atoms with Crippen LogP contribution in [0.3, 0.4) is 0 Å². The zero-order valence-corrected chi connectivity index (χ0v) is 19.6. The average molecular weight is 467 g/mol. The van der Waals surface area contributed by atoms with E-state index in [1.807, 2.05) is 68.6 Å². The van der Waals surface area contributed by atoms with Crippen molar-refractivity contribution in [2.24, 2.45) is 0 Å². The normalized spacial score (nSPS) is 15.0. The van der Waals surface area contributed by atoms with Gasteiger partial charge in [-0.25, -0.2) is 4.98 Å². The van der Waals surface area contributed by atoms with Gasteiger partial charge in [0.2, 0.25) is 5.91 Å². The van der Waals surface area contributed by atoms with Crippen molar-refractivity contribution in [3.05, 3.63) is 90.0 Å². The third-order valence-corrected chi connectivity index (χ3v) is 6.25. The number of pyridine rings is 2. The lowest BCUT2D eigenvalue weighted by Gasteiger charge is -2.30. The average Bonchev–Trinajstić information content (AvgIpc) is 3.21. The van der Waals surface area contributed by atoms with Crippen LogP contribution in [0.5, 0.6) is 0 Å². The second kappa shape index (κ2) is 9.42. The molecule has 3 N–H and O–H groups in total. The van der Waals surface area contributed by atoms with Crippen molar-refractivity contribution < 1.29 is 9.59 Å². The summed E-state index contributed by atoms with van der Waals surface area (Å²) in [4.78, 5) is 39.4. The van der Waals surface area contributed by atoms with Gasteiger partial charge in [-0.1, -0.05) is 18.2 Å². The molecule has 3 aromatic heterocycles. The van der Waals surface area contributed by atoms with Crippen LogP contribution in [0.25, 0.3) is 11.3 Å². The van der Waals surface area contributed by atoms with E-state index in [4.69, 9.17) is 0 Å². The first-order valence-electron chi connectivity index (χ1n) is 11.5. The molecule has 35 heavy (non-hydrogen) atoms. The Bertz CT molecular complexity index is 1370. The molecule has 0 fully saturated rings. The zero-order valence-electron chi connectivity index (χ0n) is 19.6. The van der Waals surface area contributed by atoms with E-state index in [0.717, 1.165) is 40.3 Å². The van der Waals surface area contributed by atoms with Crippen LogP contribution in [0.1, 0.15) is 28.5 Å². The number of H-pyrrole nitrogens is 1. The molecule has 1 aliphatic heterocycles. The van der Waals surface area contributed by atoms with Crippen LogP contribution in [0.15, 0.2) is 73.2 Å². The molecular weight excluding hydrogens is 440 g/mol. The number of fused-ring (bicyclic) bond motifs is 1. The van der Waals surface area contributed by atoms with Gasteiger partial charge in [-0.2, -0.15) is 0 Å². The Morgan fingerprint density at radius 2 is 1.89 bits per heavy atom. The molecule has 1 aromatic carbocycles. The van der Waals surface area contributed by atoms with Gasteiger partial charge in [0.1, 0.15) is 5.82 Å². The van der Waals surface area contributed by atoms with Crippen LogP contribution in [-0.4, -0.2) is 44.8 Å². The van der Waals surface area contributed by atoms with Gasteiger partial charge < -0.3 is 20.5 Å². The van der Waals surface area contributed by atoms with E-state index in [0.29, 0.717) is 11.4 Å². The number of hydrogen-bond acceptors (Lipinski definition) is 5. The van der Waals surface area contributed by atoms with Crippen molar-refractivity contribution in [3.63, 3.8) is 0 Å². The van der Waals surface area contributed by atoms with Crippen molar-refractivity contribution in [2.45, 2.75) is 25.8 Å². The molecule has 8 heteroatoms. The third kappa shape index (κ3) is 4.63. The lowest BCUT2D eigenvalue weighted by Crippen LogP contribution is -2.41. The summed E-state index contributed by atoms with van der Waals surface area (Å²) < 4.78 is 0. The number of likely N-dealkylation sites (N-methyl/N-ethyl adjacent to an activating group) is 1. The Morgan fingerprint density at radius 1 is 1.11 bits per heavy atom. The maximum Gasteiger partial charge on any atom is 0.257 e. The first-order chi connectivity index (χ1) is 17.0. The maximum absolute atomic E-state index is 13.3. The topological polar surface area (TPSA) is 103 Å². The second-order valence-electron chi connectivity index (χ2n) is 8.70. The Balaban J connectivity index is 1.49. The molecule has 1 atom stereocenters. The van der Waals surface area contributed by atoms with Crippen LogP contribution < -0.4 is 10.6 Å². The number of nitrogens with one attached hydrogen (secondary N) is 3. The van der Waals surface area contributed by atoms with Crippen molar-refractivity contribution in [2.75, 3.05) is 17.7 Å². The van der Waals surface area contributed by atoms with Crippen molar-refractivity contribution in [3.8, 4) is 11.3 Å². The van der Waals surface area contributed by atoms with Gasteiger partial charge in [0.15, 0.2) is 0 Å². The Morgan fingerprint density at radius 3 is 2.66 bits per heavy atom. The molecule has 4 heterocycles. The summed E-state index contributed by atoms with van der Waals surface area (Å²) in [5.41, 5.74) is 5.60. The molecule has 0 bridgehead atoms. The number of carbonyl (C=O) groups excluding carboxylic acids is 2. The molecule has 176 valence electrons.